The molecule has 270 valence electrons. The van der Waals surface area contributed by atoms with Gasteiger partial charge in [-0.25, -0.2) is 15.1 Å². The average Bonchev–Trinajstić information content (AvgIpc) is 3.36. The predicted octanol–water partition coefficient (Wildman–Crippen LogP) is 0.129. The Morgan fingerprint density at radius 3 is 2.29 bits per heavy atom. The zero-order valence-corrected chi connectivity index (χ0v) is 27.2. The summed E-state index contributed by atoms with van der Waals surface area (Å²) in [5.41, 5.74) is 2.02. The van der Waals surface area contributed by atoms with Gasteiger partial charge in [-0.05, 0) is 51.3 Å². The monoisotopic (exact) mass is 695 g/mol. The van der Waals surface area contributed by atoms with Crippen LogP contribution in [0.2, 0.25) is 0 Å². The number of benzene rings is 1. The van der Waals surface area contributed by atoms with E-state index in [4.69, 9.17) is 23.8 Å². The molecule has 1 aromatic rings. The van der Waals surface area contributed by atoms with Gasteiger partial charge in [0.05, 0.1) is 11.1 Å². The molecule has 49 heavy (non-hydrogen) atoms. The molecule has 0 unspecified atom stereocenters. The number of unbranched alkanes of at least 4 members (excludes halogenated alkanes) is 2. The second kappa shape index (κ2) is 17.7. The minimum absolute atomic E-state index is 0.0220. The number of carboxylic acid groups (broad SMARTS) is 1. The van der Waals surface area contributed by atoms with E-state index in [2.05, 4.69) is 10.8 Å². The van der Waals surface area contributed by atoms with Crippen molar-refractivity contribution in [1.82, 2.24) is 10.4 Å². The van der Waals surface area contributed by atoms with Crippen LogP contribution in [0.5, 0.6) is 5.75 Å². The first-order valence-corrected chi connectivity index (χ1v) is 15.4. The van der Waals surface area contributed by atoms with Gasteiger partial charge < -0.3 is 39.4 Å². The third-order valence-corrected chi connectivity index (χ3v) is 7.12. The lowest BCUT2D eigenvalue weighted by atomic mass is 9.97. The molecule has 1 saturated heterocycles. The molecule has 0 aliphatic carbocycles. The number of esters is 1. The zero-order valence-electron chi connectivity index (χ0n) is 27.2. The summed E-state index contributed by atoms with van der Waals surface area (Å²) in [6.45, 7) is 4.92. The molecular formula is C31H41N3O15. The van der Waals surface area contributed by atoms with Crippen LogP contribution in [0.4, 0.5) is 10.5 Å². The van der Waals surface area contributed by atoms with Gasteiger partial charge in [0.2, 0.25) is 12.2 Å². The maximum atomic E-state index is 12.7. The molecule has 0 bridgehead atoms. The number of nitrogens with zero attached hydrogens (tertiary/aromatic N) is 1. The fourth-order valence-electron chi connectivity index (χ4n) is 4.40. The maximum absolute atomic E-state index is 12.7. The Morgan fingerprint density at radius 2 is 1.63 bits per heavy atom. The molecule has 1 fully saturated rings. The topological polar surface area (TPSA) is 257 Å². The number of nitrogens with one attached hydrogen (secondary N) is 2. The number of hydrogen-bond donors (Lipinski definition) is 6. The van der Waals surface area contributed by atoms with E-state index in [-0.39, 0.29) is 56.0 Å². The van der Waals surface area contributed by atoms with Crippen molar-refractivity contribution in [2.24, 2.45) is 5.41 Å². The molecule has 2 heterocycles. The molecule has 18 nitrogen and oxygen atoms in total. The van der Waals surface area contributed by atoms with Gasteiger partial charge in [0.1, 0.15) is 43.9 Å². The highest BCUT2D eigenvalue weighted by molar-refractivity contribution is 6.12. The molecule has 2 aliphatic rings. The first kappa shape index (κ1) is 38.8. The Kier molecular flexibility index (Phi) is 14.0. The van der Waals surface area contributed by atoms with Gasteiger partial charge in [-0.15, -0.1) is 0 Å². The van der Waals surface area contributed by atoms with E-state index < -0.39 is 60.1 Å². The molecule has 0 aromatic heterocycles. The molecule has 0 spiro atoms. The third kappa shape index (κ3) is 11.5. The zero-order chi connectivity index (χ0) is 36.3. The Hall–Kier alpha value is -4.62. The van der Waals surface area contributed by atoms with Gasteiger partial charge in [-0.2, -0.15) is 0 Å². The van der Waals surface area contributed by atoms with Crippen molar-refractivity contribution >= 4 is 41.4 Å². The molecule has 0 saturated carbocycles. The van der Waals surface area contributed by atoms with E-state index in [0.29, 0.717) is 24.8 Å². The van der Waals surface area contributed by atoms with Gasteiger partial charge in [0.25, 0.3) is 11.8 Å². The van der Waals surface area contributed by atoms with Crippen LogP contribution in [-0.4, -0.2) is 112 Å². The fourth-order valence-corrected chi connectivity index (χ4v) is 4.40. The van der Waals surface area contributed by atoms with Gasteiger partial charge in [0, 0.05) is 25.1 Å². The SMILES string of the molecule is CC(C)(C)C(=O)OCc1ccc(NC(=O)O[C@@H]2O[C@H](C(=O)O)[C@H](O)[C@H](O)[C@@H]2O)c(OCCONC(=O)CCCCCN2C(=O)C=CC2=O)c1. The Balaban J connectivity index is 1.52. The van der Waals surface area contributed by atoms with Crippen LogP contribution >= 0.6 is 0 Å². The number of hydroxylamine groups is 1. The summed E-state index contributed by atoms with van der Waals surface area (Å²) in [6.07, 6.45) is -6.93. The molecular weight excluding hydrogens is 654 g/mol. The number of aliphatic hydroxyl groups is 3. The van der Waals surface area contributed by atoms with Crippen LogP contribution in [0.15, 0.2) is 30.4 Å². The summed E-state index contributed by atoms with van der Waals surface area (Å²) in [5.74, 6) is -3.19. The van der Waals surface area contributed by atoms with Crippen molar-refractivity contribution in [2.75, 3.05) is 25.1 Å². The number of aliphatic carboxylic acids is 1. The normalized spacial score (nSPS) is 22.1. The van der Waals surface area contributed by atoms with Crippen LogP contribution in [0.25, 0.3) is 0 Å². The summed E-state index contributed by atoms with van der Waals surface area (Å²) in [6, 6.07) is 4.36. The van der Waals surface area contributed by atoms with Gasteiger partial charge >= 0.3 is 18.0 Å². The number of carbonyl (C=O) groups excluding carboxylic acids is 5. The predicted molar refractivity (Wildman–Crippen MR) is 164 cm³/mol. The minimum atomic E-state index is -1.99. The van der Waals surface area contributed by atoms with Crippen LogP contribution in [0.3, 0.4) is 0 Å². The number of hydrogen-bond acceptors (Lipinski definition) is 14. The molecule has 6 N–H and O–H groups in total. The number of imide groups is 1. The molecule has 3 rings (SSSR count). The van der Waals surface area contributed by atoms with Crippen LogP contribution in [0.1, 0.15) is 52.0 Å². The summed E-state index contributed by atoms with van der Waals surface area (Å²) in [4.78, 5) is 77.8. The molecule has 4 amide bonds. The Morgan fingerprint density at radius 1 is 0.939 bits per heavy atom. The second-order valence-electron chi connectivity index (χ2n) is 12.1. The number of aliphatic hydroxyl groups excluding tert-OH is 3. The van der Waals surface area contributed by atoms with Crippen molar-refractivity contribution in [3.05, 3.63) is 35.9 Å². The first-order valence-electron chi connectivity index (χ1n) is 15.4. The van der Waals surface area contributed by atoms with E-state index >= 15 is 0 Å². The second-order valence-corrected chi connectivity index (χ2v) is 12.1. The minimum Gasteiger partial charge on any atom is -0.489 e. The van der Waals surface area contributed by atoms with Crippen molar-refractivity contribution < 1.29 is 73.0 Å². The number of amides is 4. The number of carbonyl (C=O) groups is 6. The summed E-state index contributed by atoms with van der Waals surface area (Å²) in [7, 11) is 0. The molecule has 2 aliphatic heterocycles. The maximum Gasteiger partial charge on any atom is 0.414 e. The molecule has 5 atom stereocenters. The highest BCUT2D eigenvalue weighted by Crippen LogP contribution is 2.28. The first-order chi connectivity index (χ1) is 23.1. The van der Waals surface area contributed by atoms with Gasteiger partial charge in [0.15, 0.2) is 6.10 Å². The van der Waals surface area contributed by atoms with Crippen molar-refractivity contribution in [1.29, 1.82) is 0 Å². The van der Waals surface area contributed by atoms with Crippen LogP contribution < -0.4 is 15.5 Å². The van der Waals surface area contributed by atoms with Crippen LogP contribution in [-0.2, 0) is 49.6 Å². The summed E-state index contributed by atoms with van der Waals surface area (Å²) in [5, 5.41) is 41.5. The number of carboxylic acids is 1. The number of anilines is 1. The quantitative estimate of drug-likeness (QED) is 0.0581. The van der Waals surface area contributed by atoms with Crippen molar-refractivity contribution in [3.8, 4) is 5.75 Å². The standard InChI is InChI=1S/C31H41N3O15/c1-31(2,3)29(43)46-16-17-8-9-18(32-30(44)49-28-25(40)23(38)24(39)26(48-28)27(41)42)19(15-17)45-13-14-47-33-20(35)7-5-4-6-12-34-21(36)10-11-22(34)37/h8-11,15,23-26,28,38-40H,4-7,12-14,16H2,1-3H3,(H,32,44)(H,33,35)(H,41,42)/t23-,24+,25-,26-,28-/m0/s1. The van der Waals surface area contributed by atoms with Crippen molar-refractivity contribution in [2.45, 2.75) is 83.8 Å². The van der Waals surface area contributed by atoms with E-state index in [0.717, 1.165) is 4.90 Å². The lowest BCUT2D eigenvalue weighted by molar-refractivity contribution is -0.277. The summed E-state index contributed by atoms with van der Waals surface area (Å²) < 4.78 is 21.0. The largest absolute Gasteiger partial charge is 0.489 e. The molecule has 1 aromatic carbocycles. The fraction of sp³-hybridized carbons (Fsp3) is 0.548. The number of rotatable bonds is 16. The third-order valence-electron chi connectivity index (χ3n) is 7.12. The van der Waals surface area contributed by atoms with E-state index in [9.17, 15) is 49.2 Å². The van der Waals surface area contributed by atoms with Crippen LogP contribution in [0, 0.1) is 5.41 Å². The van der Waals surface area contributed by atoms with Crippen molar-refractivity contribution in [3.63, 3.8) is 0 Å². The number of ether oxygens (including phenoxy) is 4. The average molecular weight is 696 g/mol. The van der Waals surface area contributed by atoms with Gasteiger partial charge in [-0.1, -0.05) is 12.5 Å². The van der Waals surface area contributed by atoms with Gasteiger partial charge in [-0.3, -0.25) is 34.2 Å². The highest BCUT2D eigenvalue weighted by Gasteiger charge is 2.48. The Bertz CT molecular complexity index is 1390. The smallest absolute Gasteiger partial charge is 0.414 e. The molecule has 18 heteroatoms. The van der Waals surface area contributed by atoms with E-state index in [1.54, 1.807) is 20.8 Å². The highest BCUT2D eigenvalue weighted by atomic mass is 16.7. The van der Waals surface area contributed by atoms with E-state index in [1.807, 2.05) is 0 Å². The summed E-state index contributed by atoms with van der Waals surface area (Å²) >= 11 is 0. The lowest BCUT2D eigenvalue weighted by Crippen LogP contribution is -2.60. The lowest BCUT2D eigenvalue weighted by Gasteiger charge is -2.37. The van der Waals surface area contributed by atoms with E-state index in [1.165, 1.54) is 30.4 Å². The molecule has 0 radical (unpaired) electrons. The Labute approximate surface area is 280 Å².